The first-order valence-corrected chi connectivity index (χ1v) is 6.55. The summed E-state index contributed by atoms with van der Waals surface area (Å²) >= 11 is 2.48. The summed E-state index contributed by atoms with van der Waals surface area (Å²) in [6, 6.07) is 0.820. The predicted molar refractivity (Wildman–Crippen MR) is 66.0 cm³/mol. The number of halogens is 1. The molecule has 1 aliphatic carbocycles. The highest BCUT2D eigenvalue weighted by atomic mass is 127. The lowest BCUT2D eigenvalue weighted by Gasteiger charge is -2.34. The lowest BCUT2D eigenvalue weighted by atomic mass is 9.81. The Morgan fingerprint density at radius 1 is 1.46 bits per heavy atom. The van der Waals surface area contributed by atoms with E-state index in [0.717, 1.165) is 12.3 Å². The average molecular weight is 296 g/mol. The smallest absolute Gasteiger partial charge is 0.0264 e. The summed E-state index contributed by atoms with van der Waals surface area (Å²) in [5.74, 6) is 0.724. The summed E-state index contributed by atoms with van der Waals surface area (Å²) in [6.07, 6.45) is 6.00. The van der Waals surface area contributed by atoms with Crippen molar-refractivity contribution in [2.24, 2.45) is 17.4 Å². The van der Waals surface area contributed by atoms with Crippen LogP contribution >= 0.6 is 22.6 Å². The molecule has 4 atom stereocenters. The number of rotatable bonds is 3. The maximum atomic E-state index is 6.12. The Bertz CT molecular complexity index is 152. The van der Waals surface area contributed by atoms with Gasteiger partial charge in [0.05, 0.1) is 0 Å². The van der Waals surface area contributed by atoms with Crippen molar-refractivity contribution in [3.63, 3.8) is 0 Å². The molecule has 0 heterocycles. The first-order chi connectivity index (χ1) is 6.15. The minimum atomic E-state index is 0.408. The summed E-state index contributed by atoms with van der Waals surface area (Å²) in [7, 11) is 0. The van der Waals surface area contributed by atoms with E-state index in [4.69, 9.17) is 11.5 Å². The van der Waals surface area contributed by atoms with Crippen LogP contribution in [0.3, 0.4) is 0 Å². The molecule has 0 aromatic heterocycles. The lowest BCUT2D eigenvalue weighted by molar-refractivity contribution is 0.285. The quantitative estimate of drug-likeness (QED) is 0.618. The van der Waals surface area contributed by atoms with Crippen molar-refractivity contribution in [1.82, 2.24) is 0 Å². The van der Waals surface area contributed by atoms with Crippen molar-refractivity contribution in [3.8, 4) is 0 Å². The Balaban J connectivity index is 2.36. The molecule has 0 amide bonds. The predicted octanol–water partition coefficient (Wildman–Crippen LogP) is 2.04. The zero-order chi connectivity index (χ0) is 9.84. The SMILES string of the molecule is CCCC(N)C1CCC(N)C(I)C1. The highest BCUT2D eigenvalue weighted by Gasteiger charge is 2.29. The molecular formula is C10H21IN2. The molecule has 13 heavy (non-hydrogen) atoms. The first-order valence-electron chi connectivity index (χ1n) is 5.30. The van der Waals surface area contributed by atoms with Gasteiger partial charge in [-0.2, -0.15) is 0 Å². The molecule has 0 bridgehead atoms. The zero-order valence-electron chi connectivity index (χ0n) is 8.38. The Labute approximate surface area is 95.0 Å². The molecule has 0 radical (unpaired) electrons. The summed E-state index contributed by atoms with van der Waals surface area (Å²) in [5, 5.41) is 0. The number of hydrogen-bond acceptors (Lipinski definition) is 2. The van der Waals surface area contributed by atoms with Gasteiger partial charge >= 0.3 is 0 Å². The molecule has 3 heteroatoms. The Kier molecular flexibility index (Phi) is 4.97. The summed E-state index contributed by atoms with van der Waals surface area (Å²) < 4.78 is 0.638. The highest BCUT2D eigenvalue weighted by Crippen LogP contribution is 2.31. The summed E-state index contributed by atoms with van der Waals surface area (Å²) in [5.41, 5.74) is 12.1. The van der Waals surface area contributed by atoms with Crippen LogP contribution in [0, 0.1) is 5.92 Å². The van der Waals surface area contributed by atoms with E-state index in [0.29, 0.717) is 16.0 Å². The van der Waals surface area contributed by atoms with Crippen molar-refractivity contribution in [1.29, 1.82) is 0 Å². The van der Waals surface area contributed by atoms with Gasteiger partial charge in [-0.1, -0.05) is 35.9 Å². The van der Waals surface area contributed by atoms with Gasteiger partial charge in [0.25, 0.3) is 0 Å². The van der Waals surface area contributed by atoms with Crippen molar-refractivity contribution in [2.45, 2.75) is 55.0 Å². The van der Waals surface area contributed by atoms with Gasteiger partial charge < -0.3 is 11.5 Å². The second-order valence-electron chi connectivity index (χ2n) is 4.21. The van der Waals surface area contributed by atoms with E-state index in [1.165, 1.54) is 25.7 Å². The van der Waals surface area contributed by atoms with Crippen molar-refractivity contribution < 1.29 is 0 Å². The zero-order valence-corrected chi connectivity index (χ0v) is 10.5. The molecule has 4 unspecified atom stereocenters. The molecule has 4 N–H and O–H groups in total. The van der Waals surface area contributed by atoms with Crippen LogP contribution in [0.25, 0.3) is 0 Å². The fourth-order valence-corrected chi connectivity index (χ4v) is 3.14. The van der Waals surface area contributed by atoms with Gasteiger partial charge in [0.15, 0.2) is 0 Å². The van der Waals surface area contributed by atoms with Crippen LogP contribution in [-0.2, 0) is 0 Å². The first kappa shape index (κ1) is 11.7. The van der Waals surface area contributed by atoms with Gasteiger partial charge in [-0.15, -0.1) is 0 Å². The van der Waals surface area contributed by atoms with Crippen molar-refractivity contribution in [2.75, 3.05) is 0 Å². The van der Waals surface area contributed by atoms with E-state index in [1.807, 2.05) is 0 Å². The van der Waals surface area contributed by atoms with Gasteiger partial charge in [0.2, 0.25) is 0 Å². The fourth-order valence-electron chi connectivity index (χ4n) is 2.13. The molecule has 2 nitrogen and oxygen atoms in total. The second-order valence-corrected chi connectivity index (χ2v) is 5.81. The van der Waals surface area contributed by atoms with E-state index in [-0.39, 0.29) is 0 Å². The largest absolute Gasteiger partial charge is 0.327 e. The van der Waals surface area contributed by atoms with Crippen LogP contribution in [0.2, 0.25) is 0 Å². The molecule has 78 valence electrons. The van der Waals surface area contributed by atoms with Crippen LogP contribution in [0.5, 0.6) is 0 Å². The number of hydrogen-bond donors (Lipinski definition) is 2. The number of alkyl halides is 1. The van der Waals surface area contributed by atoms with Crippen LogP contribution in [-0.4, -0.2) is 16.0 Å². The van der Waals surface area contributed by atoms with Crippen molar-refractivity contribution >= 4 is 22.6 Å². The molecule has 0 spiro atoms. The fraction of sp³-hybridized carbons (Fsp3) is 1.00. The normalized spacial score (nSPS) is 37.4. The number of nitrogens with two attached hydrogens (primary N) is 2. The molecule has 1 saturated carbocycles. The third-order valence-electron chi connectivity index (χ3n) is 3.09. The van der Waals surface area contributed by atoms with E-state index < -0.39 is 0 Å². The second kappa shape index (κ2) is 5.51. The maximum Gasteiger partial charge on any atom is 0.0264 e. The van der Waals surface area contributed by atoms with Gasteiger partial charge in [0, 0.05) is 16.0 Å². The Hall–Kier alpha value is 0.650. The van der Waals surface area contributed by atoms with E-state index >= 15 is 0 Å². The van der Waals surface area contributed by atoms with Gasteiger partial charge in [0.1, 0.15) is 0 Å². The van der Waals surface area contributed by atoms with Gasteiger partial charge in [-0.25, -0.2) is 0 Å². The Morgan fingerprint density at radius 3 is 2.69 bits per heavy atom. The monoisotopic (exact) mass is 296 g/mol. The minimum Gasteiger partial charge on any atom is -0.327 e. The summed E-state index contributed by atoms with van der Waals surface area (Å²) in [4.78, 5) is 0. The van der Waals surface area contributed by atoms with Crippen molar-refractivity contribution in [3.05, 3.63) is 0 Å². The van der Waals surface area contributed by atoms with Crippen LogP contribution < -0.4 is 11.5 Å². The van der Waals surface area contributed by atoms with Gasteiger partial charge in [-0.05, 0) is 31.6 Å². The molecule has 0 aliphatic heterocycles. The van der Waals surface area contributed by atoms with Crippen LogP contribution in [0.15, 0.2) is 0 Å². The summed E-state index contributed by atoms with van der Waals surface area (Å²) in [6.45, 7) is 2.20. The van der Waals surface area contributed by atoms with Crippen LogP contribution in [0.4, 0.5) is 0 Å². The average Bonchev–Trinajstić information content (AvgIpc) is 2.10. The van der Waals surface area contributed by atoms with E-state index in [9.17, 15) is 0 Å². The molecule has 0 aromatic carbocycles. The Morgan fingerprint density at radius 2 is 2.15 bits per heavy atom. The minimum absolute atomic E-state index is 0.408. The molecule has 1 aliphatic rings. The molecule has 0 aromatic rings. The highest BCUT2D eigenvalue weighted by molar-refractivity contribution is 14.1. The standard InChI is InChI=1S/C10H21IN2/c1-2-3-9(12)7-4-5-10(13)8(11)6-7/h7-10H,2-6,12-13H2,1H3. The maximum absolute atomic E-state index is 6.12. The molecule has 1 fully saturated rings. The third kappa shape index (κ3) is 3.36. The molecular weight excluding hydrogens is 275 g/mol. The van der Waals surface area contributed by atoms with E-state index in [1.54, 1.807) is 0 Å². The topological polar surface area (TPSA) is 52.0 Å². The third-order valence-corrected chi connectivity index (χ3v) is 4.52. The molecule has 1 rings (SSSR count). The van der Waals surface area contributed by atoms with Crippen LogP contribution in [0.1, 0.15) is 39.0 Å². The van der Waals surface area contributed by atoms with E-state index in [2.05, 4.69) is 29.5 Å². The van der Waals surface area contributed by atoms with Gasteiger partial charge in [-0.3, -0.25) is 0 Å². The lowest BCUT2D eigenvalue weighted by Crippen LogP contribution is -2.42. The molecule has 0 saturated heterocycles.